The van der Waals surface area contributed by atoms with Gasteiger partial charge in [0.05, 0.1) is 4.47 Å². The Morgan fingerprint density at radius 2 is 2.00 bits per heavy atom. The second kappa shape index (κ2) is 3.88. The predicted molar refractivity (Wildman–Crippen MR) is 53.8 cm³/mol. The topological polar surface area (TPSA) is 77.8 Å². The number of rotatable bonds is 2. The summed E-state index contributed by atoms with van der Waals surface area (Å²) in [6.45, 7) is 1.78. The van der Waals surface area contributed by atoms with Crippen LogP contribution in [0.4, 0.5) is 0 Å². The number of carbonyl (C=O) groups is 1. The summed E-state index contributed by atoms with van der Waals surface area (Å²) in [5.74, 6) is -2.18. The van der Waals surface area contributed by atoms with E-state index >= 15 is 0 Å². The molecule has 0 aromatic heterocycles. The molecule has 14 heavy (non-hydrogen) atoms. The molecule has 0 aliphatic rings. The van der Waals surface area contributed by atoms with Crippen molar-refractivity contribution >= 4 is 21.9 Å². The lowest BCUT2D eigenvalue weighted by Crippen LogP contribution is -2.00. The van der Waals surface area contributed by atoms with Gasteiger partial charge in [-0.05, 0) is 34.0 Å². The Bertz CT molecular complexity index is 387. The molecule has 5 heteroatoms. The molecule has 0 bridgehead atoms. The summed E-state index contributed by atoms with van der Waals surface area (Å²) in [5.41, 5.74) is 0.0169. The van der Waals surface area contributed by atoms with Crippen molar-refractivity contribution in [2.45, 2.75) is 13.3 Å². The highest BCUT2D eigenvalue weighted by molar-refractivity contribution is 9.10. The molecule has 1 aromatic carbocycles. The van der Waals surface area contributed by atoms with Gasteiger partial charge in [-0.3, -0.25) is 0 Å². The van der Waals surface area contributed by atoms with E-state index < -0.39 is 17.3 Å². The molecule has 0 unspecified atom stereocenters. The van der Waals surface area contributed by atoms with E-state index in [1.54, 1.807) is 6.92 Å². The molecule has 0 fully saturated rings. The highest BCUT2D eigenvalue weighted by Crippen LogP contribution is 2.37. The van der Waals surface area contributed by atoms with E-state index in [-0.39, 0.29) is 10.2 Å². The van der Waals surface area contributed by atoms with Crippen molar-refractivity contribution < 1.29 is 20.1 Å². The quantitative estimate of drug-likeness (QED) is 0.761. The minimum Gasteiger partial charge on any atom is -0.507 e. The van der Waals surface area contributed by atoms with Gasteiger partial charge in [0, 0.05) is 0 Å². The maximum absolute atomic E-state index is 10.7. The molecule has 0 saturated carbocycles. The van der Waals surface area contributed by atoms with Gasteiger partial charge in [0.1, 0.15) is 17.1 Å². The molecule has 0 amide bonds. The number of phenols is 2. The number of carboxylic acids is 1. The fourth-order valence-electron chi connectivity index (χ4n) is 1.15. The van der Waals surface area contributed by atoms with Gasteiger partial charge in [0.15, 0.2) is 0 Å². The van der Waals surface area contributed by atoms with Gasteiger partial charge in [0.2, 0.25) is 0 Å². The normalized spacial score (nSPS) is 10.1. The average Bonchev–Trinajstić information content (AvgIpc) is 2.11. The van der Waals surface area contributed by atoms with Crippen molar-refractivity contribution in [3.63, 3.8) is 0 Å². The van der Waals surface area contributed by atoms with Crippen LogP contribution in [0.1, 0.15) is 22.8 Å². The number of aryl methyl sites for hydroxylation is 1. The Balaban J connectivity index is 3.53. The van der Waals surface area contributed by atoms with Gasteiger partial charge in [-0.1, -0.05) is 6.92 Å². The minimum atomic E-state index is -1.35. The number of hydrogen-bond acceptors (Lipinski definition) is 3. The summed E-state index contributed by atoms with van der Waals surface area (Å²) >= 11 is 3.02. The third-order valence-electron chi connectivity index (χ3n) is 1.90. The van der Waals surface area contributed by atoms with Crippen LogP contribution in [0.15, 0.2) is 10.5 Å². The first-order valence-electron chi connectivity index (χ1n) is 3.95. The summed E-state index contributed by atoms with van der Waals surface area (Å²) < 4.78 is 0.268. The van der Waals surface area contributed by atoms with Crippen LogP contribution < -0.4 is 0 Å². The Hall–Kier alpha value is -1.23. The van der Waals surface area contributed by atoms with Gasteiger partial charge in [-0.15, -0.1) is 0 Å². The average molecular weight is 261 g/mol. The van der Waals surface area contributed by atoms with Crippen molar-refractivity contribution in [2.75, 3.05) is 0 Å². The van der Waals surface area contributed by atoms with Crippen molar-refractivity contribution in [2.24, 2.45) is 0 Å². The summed E-state index contributed by atoms with van der Waals surface area (Å²) in [6, 6.07) is 1.50. The molecular formula is C9H9BrO4. The number of halogens is 1. The lowest BCUT2D eigenvalue weighted by molar-refractivity contribution is 0.0690. The molecule has 1 aromatic rings. The fourth-order valence-corrected chi connectivity index (χ4v) is 1.63. The molecule has 0 aliphatic heterocycles. The van der Waals surface area contributed by atoms with Crippen molar-refractivity contribution in [1.82, 2.24) is 0 Å². The van der Waals surface area contributed by atoms with Crippen molar-refractivity contribution in [3.8, 4) is 11.5 Å². The number of benzene rings is 1. The third-order valence-corrected chi connectivity index (χ3v) is 2.50. The highest BCUT2D eigenvalue weighted by atomic mass is 79.9. The van der Waals surface area contributed by atoms with Crippen molar-refractivity contribution in [1.29, 1.82) is 0 Å². The second-order valence-corrected chi connectivity index (χ2v) is 3.60. The molecule has 0 spiro atoms. The summed E-state index contributed by atoms with van der Waals surface area (Å²) in [6.07, 6.45) is 0.491. The van der Waals surface area contributed by atoms with Crippen molar-refractivity contribution in [3.05, 3.63) is 21.7 Å². The molecule has 76 valence electrons. The van der Waals surface area contributed by atoms with E-state index in [0.29, 0.717) is 12.0 Å². The smallest absolute Gasteiger partial charge is 0.343 e. The van der Waals surface area contributed by atoms with Gasteiger partial charge in [-0.25, -0.2) is 4.79 Å². The Morgan fingerprint density at radius 1 is 1.43 bits per heavy atom. The van der Waals surface area contributed by atoms with Crippen LogP contribution in [-0.2, 0) is 6.42 Å². The highest BCUT2D eigenvalue weighted by Gasteiger charge is 2.20. The molecule has 1 rings (SSSR count). The molecule has 0 heterocycles. The van der Waals surface area contributed by atoms with Crippen LogP contribution in [0, 0.1) is 0 Å². The van der Waals surface area contributed by atoms with Crippen LogP contribution in [0.2, 0.25) is 0 Å². The zero-order valence-corrected chi connectivity index (χ0v) is 9.00. The molecule has 3 N–H and O–H groups in total. The van der Waals surface area contributed by atoms with Crippen LogP contribution >= 0.6 is 15.9 Å². The summed E-state index contributed by atoms with van der Waals surface area (Å²) in [7, 11) is 0. The Labute approximate surface area is 88.9 Å². The Morgan fingerprint density at radius 3 is 2.43 bits per heavy atom. The lowest BCUT2D eigenvalue weighted by atomic mass is 10.1. The standard InChI is InChI=1S/C9H9BrO4/c1-2-4-3-5(10)8(12)6(7(4)11)9(13)14/h3,11-12H,2H2,1H3,(H,13,14). The van der Waals surface area contributed by atoms with E-state index in [1.165, 1.54) is 6.07 Å². The van der Waals surface area contributed by atoms with E-state index in [2.05, 4.69) is 15.9 Å². The van der Waals surface area contributed by atoms with Crippen LogP contribution in [0.5, 0.6) is 11.5 Å². The van der Waals surface area contributed by atoms with Crippen LogP contribution in [-0.4, -0.2) is 21.3 Å². The second-order valence-electron chi connectivity index (χ2n) is 2.75. The van der Waals surface area contributed by atoms with Gasteiger partial charge < -0.3 is 15.3 Å². The first kappa shape index (κ1) is 10.8. The number of aromatic carboxylic acids is 1. The lowest BCUT2D eigenvalue weighted by Gasteiger charge is -2.08. The van der Waals surface area contributed by atoms with E-state index in [9.17, 15) is 15.0 Å². The summed E-state index contributed by atoms with van der Waals surface area (Å²) in [4.78, 5) is 10.7. The van der Waals surface area contributed by atoms with Crippen LogP contribution in [0.25, 0.3) is 0 Å². The zero-order chi connectivity index (χ0) is 10.9. The SMILES string of the molecule is CCc1cc(Br)c(O)c(C(=O)O)c1O. The molecule has 0 aliphatic carbocycles. The minimum absolute atomic E-state index is 0.268. The number of aromatic hydroxyl groups is 2. The predicted octanol–water partition coefficient (Wildman–Crippen LogP) is 2.12. The maximum atomic E-state index is 10.7. The van der Waals surface area contributed by atoms with Gasteiger partial charge in [-0.2, -0.15) is 0 Å². The molecule has 0 saturated heterocycles. The van der Waals surface area contributed by atoms with Crippen LogP contribution in [0.3, 0.4) is 0 Å². The molecule has 0 atom stereocenters. The van der Waals surface area contributed by atoms with E-state index in [4.69, 9.17) is 5.11 Å². The first-order valence-corrected chi connectivity index (χ1v) is 4.74. The first-order chi connectivity index (χ1) is 6.49. The fraction of sp³-hybridized carbons (Fsp3) is 0.222. The largest absolute Gasteiger partial charge is 0.507 e. The maximum Gasteiger partial charge on any atom is 0.343 e. The molecule has 4 nitrogen and oxygen atoms in total. The van der Waals surface area contributed by atoms with E-state index in [1.807, 2.05) is 0 Å². The summed E-state index contributed by atoms with van der Waals surface area (Å²) in [5, 5.41) is 27.6. The molecule has 0 radical (unpaired) electrons. The molecular weight excluding hydrogens is 252 g/mol. The third kappa shape index (κ3) is 1.68. The number of hydrogen-bond donors (Lipinski definition) is 3. The van der Waals surface area contributed by atoms with E-state index in [0.717, 1.165) is 0 Å². The number of carboxylic acid groups (broad SMARTS) is 1. The van der Waals surface area contributed by atoms with Gasteiger partial charge in [0.25, 0.3) is 0 Å². The monoisotopic (exact) mass is 260 g/mol. The zero-order valence-electron chi connectivity index (χ0n) is 7.41. The Kier molecular flexibility index (Phi) is 3.00. The van der Waals surface area contributed by atoms with Gasteiger partial charge >= 0.3 is 5.97 Å².